The minimum absolute atomic E-state index is 0.0378. The molecule has 0 bridgehead atoms. The minimum atomic E-state index is -0.538. The van der Waals surface area contributed by atoms with Gasteiger partial charge in [0, 0.05) is 23.0 Å². The van der Waals surface area contributed by atoms with E-state index in [-0.39, 0.29) is 23.7 Å². The summed E-state index contributed by atoms with van der Waals surface area (Å²) in [5.74, 6) is -0.768. The van der Waals surface area contributed by atoms with Gasteiger partial charge < -0.3 is 5.11 Å². The summed E-state index contributed by atoms with van der Waals surface area (Å²) in [5, 5.41) is 8.96. The van der Waals surface area contributed by atoms with Crippen LogP contribution in [-0.4, -0.2) is 28.6 Å². The van der Waals surface area contributed by atoms with E-state index < -0.39 is 6.73 Å². The zero-order chi connectivity index (χ0) is 11.2. The third-order valence-corrected chi connectivity index (χ3v) is 2.98. The van der Waals surface area contributed by atoms with E-state index in [0.717, 1.165) is 4.90 Å². The summed E-state index contributed by atoms with van der Waals surface area (Å²) in [6.45, 7) is 3.22. The number of imide groups is 1. The van der Waals surface area contributed by atoms with Crippen LogP contribution in [0.5, 0.6) is 0 Å². The van der Waals surface area contributed by atoms with Gasteiger partial charge in [-0.3, -0.25) is 14.5 Å². The molecule has 15 heavy (non-hydrogen) atoms. The van der Waals surface area contributed by atoms with Gasteiger partial charge in [-0.1, -0.05) is 26.0 Å². The monoisotopic (exact) mass is 207 g/mol. The standard InChI is InChI=1S/C11H13NO3/c1-6-3-4-7(2)9-8(6)10(14)12(5-13)11(9)15/h3-4,6-7,13H,5H2,1-2H3. The van der Waals surface area contributed by atoms with Crippen molar-refractivity contribution in [1.29, 1.82) is 0 Å². The van der Waals surface area contributed by atoms with Gasteiger partial charge in [-0.2, -0.15) is 0 Å². The predicted octanol–water partition coefficient (Wildman–Crippen LogP) is 0.444. The summed E-state index contributed by atoms with van der Waals surface area (Å²) in [4.78, 5) is 24.5. The lowest BCUT2D eigenvalue weighted by atomic mass is 9.85. The van der Waals surface area contributed by atoms with Crippen molar-refractivity contribution in [2.24, 2.45) is 11.8 Å². The van der Waals surface area contributed by atoms with E-state index in [1.54, 1.807) is 0 Å². The summed E-state index contributed by atoms with van der Waals surface area (Å²) < 4.78 is 0. The maximum atomic E-state index is 11.8. The Morgan fingerprint density at radius 2 is 1.53 bits per heavy atom. The zero-order valence-electron chi connectivity index (χ0n) is 8.73. The second-order valence-corrected chi connectivity index (χ2v) is 3.97. The first-order valence-corrected chi connectivity index (χ1v) is 4.97. The first kappa shape index (κ1) is 10.1. The quantitative estimate of drug-likeness (QED) is 0.501. The van der Waals surface area contributed by atoms with Gasteiger partial charge in [0.15, 0.2) is 0 Å². The fourth-order valence-electron chi connectivity index (χ4n) is 2.15. The summed E-state index contributed by atoms with van der Waals surface area (Å²) in [6.07, 6.45) is 3.85. The molecule has 1 heterocycles. The van der Waals surface area contributed by atoms with Gasteiger partial charge >= 0.3 is 0 Å². The number of rotatable bonds is 1. The molecule has 0 radical (unpaired) electrons. The Kier molecular flexibility index (Phi) is 2.23. The number of hydrogen-bond donors (Lipinski definition) is 1. The molecule has 0 aromatic carbocycles. The van der Waals surface area contributed by atoms with E-state index in [9.17, 15) is 9.59 Å². The van der Waals surface area contributed by atoms with Crippen LogP contribution in [0.3, 0.4) is 0 Å². The molecule has 2 rings (SSSR count). The second-order valence-electron chi connectivity index (χ2n) is 3.97. The smallest absolute Gasteiger partial charge is 0.259 e. The molecule has 0 saturated heterocycles. The van der Waals surface area contributed by atoms with E-state index in [2.05, 4.69) is 0 Å². The molecular weight excluding hydrogens is 194 g/mol. The normalized spacial score (nSPS) is 30.2. The summed E-state index contributed by atoms with van der Waals surface area (Å²) in [7, 11) is 0. The lowest BCUT2D eigenvalue weighted by Crippen LogP contribution is -2.33. The molecule has 2 atom stereocenters. The molecule has 1 aliphatic carbocycles. The van der Waals surface area contributed by atoms with E-state index in [4.69, 9.17) is 5.11 Å². The molecule has 0 aromatic rings. The molecule has 80 valence electrons. The van der Waals surface area contributed by atoms with Crippen molar-refractivity contribution in [3.8, 4) is 0 Å². The van der Waals surface area contributed by atoms with Crippen molar-refractivity contribution in [1.82, 2.24) is 4.90 Å². The highest BCUT2D eigenvalue weighted by Crippen LogP contribution is 2.35. The van der Waals surface area contributed by atoms with Gasteiger partial charge in [0.25, 0.3) is 11.8 Å². The minimum Gasteiger partial charge on any atom is -0.376 e. The Morgan fingerprint density at radius 1 is 1.13 bits per heavy atom. The Morgan fingerprint density at radius 3 is 1.87 bits per heavy atom. The summed E-state index contributed by atoms with van der Waals surface area (Å²) in [6, 6.07) is 0. The fourth-order valence-corrected chi connectivity index (χ4v) is 2.15. The van der Waals surface area contributed by atoms with Gasteiger partial charge in [0.1, 0.15) is 6.73 Å². The topological polar surface area (TPSA) is 57.6 Å². The molecule has 0 spiro atoms. The Hall–Kier alpha value is -1.42. The van der Waals surface area contributed by atoms with Crippen molar-refractivity contribution in [3.63, 3.8) is 0 Å². The lowest BCUT2D eigenvalue weighted by molar-refractivity contribution is -0.141. The molecule has 0 saturated carbocycles. The van der Waals surface area contributed by atoms with E-state index >= 15 is 0 Å². The number of allylic oxidation sites excluding steroid dienone is 2. The average molecular weight is 207 g/mol. The average Bonchev–Trinajstić information content (AvgIpc) is 2.46. The van der Waals surface area contributed by atoms with Gasteiger partial charge in [-0.25, -0.2) is 0 Å². The van der Waals surface area contributed by atoms with Crippen LogP contribution >= 0.6 is 0 Å². The molecule has 0 fully saturated rings. The first-order chi connectivity index (χ1) is 7.07. The highest BCUT2D eigenvalue weighted by molar-refractivity contribution is 6.20. The van der Waals surface area contributed by atoms with E-state index in [1.165, 1.54) is 0 Å². The summed E-state index contributed by atoms with van der Waals surface area (Å²) >= 11 is 0. The van der Waals surface area contributed by atoms with Crippen LogP contribution in [-0.2, 0) is 9.59 Å². The lowest BCUT2D eigenvalue weighted by Gasteiger charge is -2.16. The molecule has 2 unspecified atom stereocenters. The highest BCUT2D eigenvalue weighted by Gasteiger charge is 2.42. The number of carbonyl (C=O) groups is 2. The van der Waals surface area contributed by atoms with Crippen molar-refractivity contribution >= 4 is 11.8 Å². The molecule has 4 nitrogen and oxygen atoms in total. The number of amides is 2. The first-order valence-electron chi connectivity index (χ1n) is 4.97. The molecule has 1 aliphatic heterocycles. The van der Waals surface area contributed by atoms with Crippen molar-refractivity contribution in [2.75, 3.05) is 6.73 Å². The Bertz CT molecular complexity index is 361. The largest absolute Gasteiger partial charge is 0.376 e. The van der Waals surface area contributed by atoms with Crippen LogP contribution in [0.25, 0.3) is 0 Å². The Balaban J connectivity index is 2.48. The zero-order valence-corrected chi connectivity index (χ0v) is 8.73. The van der Waals surface area contributed by atoms with Gasteiger partial charge in [-0.15, -0.1) is 0 Å². The van der Waals surface area contributed by atoms with Crippen molar-refractivity contribution < 1.29 is 14.7 Å². The maximum Gasteiger partial charge on any atom is 0.259 e. The van der Waals surface area contributed by atoms with Crippen molar-refractivity contribution in [2.45, 2.75) is 13.8 Å². The van der Waals surface area contributed by atoms with Crippen LogP contribution in [0.15, 0.2) is 23.3 Å². The third kappa shape index (κ3) is 1.25. The Labute approximate surface area is 87.9 Å². The predicted molar refractivity (Wildman–Crippen MR) is 53.4 cm³/mol. The number of carbonyl (C=O) groups excluding carboxylic acids is 2. The highest BCUT2D eigenvalue weighted by atomic mass is 16.3. The molecule has 2 amide bonds. The van der Waals surface area contributed by atoms with Crippen LogP contribution in [0.1, 0.15) is 13.8 Å². The third-order valence-electron chi connectivity index (χ3n) is 2.98. The van der Waals surface area contributed by atoms with Gasteiger partial charge in [-0.05, 0) is 0 Å². The fraction of sp³-hybridized carbons (Fsp3) is 0.455. The van der Waals surface area contributed by atoms with Gasteiger partial charge in [0.05, 0.1) is 0 Å². The summed E-state index contributed by atoms with van der Waals surface area (Å²) in [5.41, 5.74) is 1.09. The second kappa shape index (κ2) is 3.31. The molecule has 4 heteroatoms. The molecule has 0 aromatic heterocycles. The number of aliphatic hydroxyl groups is 1. The van der Waals surface area contributed by atoms with E-state index in [0.29, 0.717) is 11.1 Å². The van der Waals surface area contributed by atoms with E-state index in [1.807, 2.05) is 26.0 Å². The van der Waals surface area contributed by atoms with Gasteiger partial charge in [0.2, 0.25) is 0 Å². The SMILES string of the molecule is CC1C=CC(C)C2=C1C(=O)N(CO)C2=O. The van der Waals surface area contributed by atoms with Crippen LogP contribution in [0.2, 0.25) is 0 Å². The number of hydrogen-bond acceptors (Lipinski definition) is 3. The van der Waals surface area contributed by atoms with Crippen LogP contribution in [0, 0.1) is 11.8 Å². The van der Waals surface area contributed by atoms with Crippen LogP contribution < -0.4 is 0 Å². The molecule has 2 aliphatic rings. The van der Waals surface area contributed by atoms with Crippen LogP contribution in [0.4, 0.5) is 0 Å². The molecular formula is C11H13NO3. The number of aliphatic hydroxyl groups excluding tert-OH is 1. The molecule has 1 N–H and O–H groups in total. The van der Waals surface area contributed by atoms with Crippen molar-refractivity contribution in [3.05, 3.63) is 23.3 Å². The number of nitrogens with zero attached hydrogens (tertiary/aromatic N) is 1. The maximum absolute atomic E-state index is 11.8.